The fraction of sp³-hybridized carbons (Fsp3) is 0.571. The number of aliphatic hydroxyl groups excluding tert-OH is 1. The van der Waals surface area contributed by atoms with Gasteiger partial charge >= 0.3 is 0 Å². The van der Waals surface area contributed by atoms with E-state index in [1.54, 1.807) is 0 Å². The highest BCUT2D eigenvalue weighted by Crippen LogP contribution is 2.34. The molecule has 0 amide bonds. The Morgan fingerprint density at radius 2 is 2.06 bits per heavy atom. The minimum Gasteiger partial charge on any atom is -0.388 e. The summed E-state index contributed by atoms with van der Waals surface area (Å²) in [5, 5.41) is 10.3. The third kappa shape index (κ3) is 2.67. The van der Waals surface area contributed by atoms with Crippen molar-refractivity contribution < 1.29 is 5.11 Å². The van der Waals surface area contributed by atoms with Gasteiger partial charge in [0.05, 0.1) is 6.10 Å². The van der Waals surface area contributed by atoms with E-state index in [0.29, 0.717) is 0 Å². The molecule has 0 saturated heterocycles. The Morgan fingerprint density at radius 1 is 1.38 bits per heavy atom. The van der Waals surface area contributed by atoms with Gasteiger partial charge in [-0.1, -0.05) is 53.7 Å². The fourth-order valence-electron chi connectivity index (χ4n) is 2.67. The van der Waals surface area contributed by atoms with Gasteiger partial charge in [0.1, 0.15) is 0 Å². The van der Waals surface area contributed by atoms with Crippen molar-refractivity contribution in [2.75, 3.05) is 0 Å². The van der Waals surface area contributed by atoms with Crippen molar-refractivity contribution in [3.63, 3.8) is 0 Å². The molecule has 0 spiro atoms. The summed E-state index contributed by atoms with van der Waals surface area (Å²) in [6.07, 6.45) is 5.91. The van der Waals surface area contributed by atoms with Gasteiger partial charge in [0.2, 0.25) is 0 Å². The number of benzene rings is 1. The molecule has 1 aromatic rings. The lowest BCUT2D eigenvalue weighted by molar-refractivity contribution is 0.144. The topological polar surface area (TPSA) is 20.2 Å². The van der Waals surface area contributed by atoms with Crippen molar-refractivity contribution in [2.24, 2.45) is 5.92 Å². The predicted octanol–water partition coefficient (Wildman–Crippen LogP) is 4.37. The summed E-state index contributed by atoms with van der Waals surface area (Å²) >= 11 is 3.52. The Labute approximate surface area is 106 Å². The van der Waals surface area contributed by atoms with E-state index in [0.717, 1.165) is 22.4 Å². The molecule has 1 unspecified atom stereocenters. The number of aliphatic hydroxyl groups is 1. The second-order valence-electron chi connectivity index (χ2n) is 4.86. The molecule has 0 bridgehead atoms. The molecule has 1 N–H and O–H groups in total. The van der Waals surface area contributed by atoms with Crippen LogP contribution in [0.3, 0.4) is 0 Å². The lowest BCUT2D eigenvalue weighted by Crippen LogP contribution is -2.06. The van der Waals surface area contributed by atoms with Gasteiger partial charge in [0, 0.05) is 4.47 Å². The van der Waals surface area contributed by atoms with E-state index in [1.165, 1.54) is 31.2 Å². The fourth-order valence-corrected chi connectivity index (χ4v) is 3.06. The Bertz CT molecular complexity index is 356. The standard InChI is InChI=1S/C14H19BrO/c1-10-12(7-4-8-13(10)15)14(16)9-11-5-2-3-6-11/h4,7-8,11,14,16H,2-3,5-6,9H2,1H3. The van der Waals surface area contributed by atoms with Crippen LogP contribution in [0.5, 0.6) is 0 Å². The molecule has 16 heavy (non-hydrogen) atoms. The van der Waals surface area contributed by atoms with Crippen molar-refractivity contribution in [3.05, 3.63) is 33.8 Å². The first kappa shape index (κ1) is 12.1. The minimum absolute atomic E-state index is 0.291. The van der Waals surface area contributed by atoms with E-state index in [4.69, 9.17) is 0 Å². The number of rotatable bonds is 3. The quantitative estimate of drug-likeness (QED) is 0.873. The summed E-state index contributed by atoms with van der Waals surface area (Å²) in [6, 6.07) is 6.07. The maximum absolute atomic E-state index is 10.3. The van der Waals surface area contributed by atoms with Gasteiger partial charge in [-0.15, -0.1) is 0 Å². The Balaban J connectivity index is 2.07. The normalized spacial score (nSPS) is 18.9. The van der Waals surface area contributed by atoms with E-state index in [-0.39, 0.29) is 6.10 Å². The molecule has 0 aliphatic heterocycles. The summed E-state index contributed by atoms with van der Waals surface area (Å²) in [5.74, 6) is 0.730. The average Bonchev–Trinajstić information content (AvgIpc) is 2.74. The first-order valence-electron chi connectivity index (χ1n) is 6.11. The molecule has 1 aliphatic carbocycles. The first-order valence-corrected chi connectivity index (χ1v) is 6.91. The highest BCUT2D eigenvalue weighted by Gasteiger charge is 2.20. The van der Waals surface area contributed by atoms with Crippen LogP contribution in [0, 0.1) is 12.8 Å². The molecule has 88 valence electrons. The van der Waals surface area contributed by atoms with Crippen molar-refractivity contribution in [1.82, 2.24) is 0 Å². The molecule has 1 nitrogen and oxygen atoms in total. The zero-order valence-electron chi connectivity index (χ0n) is 9.75. The molecule has 2 heteroatoms. The van der Waals surface area contributed by atoms with Gasteiger partial charge in [-0.3, -0.25) is 0 Å². The second-order valence-corrected chi connectivity index (χ2v) is 5.71. The van der Waals surface area contributed by atoms with E-state index >= 15 is 0 Å². The maximum Gasteiger partial charge on any atom is 0.0795 e. The van der Waals surface area contributed by atoms with E-state index in [9.17, 15) is 5.11 Å². The third-order valence-corrected chi connectivity index (χ3v) is 4.56. The van der Waals surface area contributed by atoms with Gasteiger partial charge in [0.15, 0.2) is 0 Å². The van der Waals surface area contributed by atoms with Crippen molar-refractivity contribution >= 4 is 15.9 Å². The van der Waals surface area contributed by atoms with Gasteiger partial charge in [-0.25, -0.2) is 0 Å². The van der Waals surface area contributed by atoms with Crippen molar-refractivity contribution in [1.29, 1.82) is 0 Å². The van der Waals surface area contributed by atoms with E-state index < -0.39 is 0 Å². The zero-order valence-corrected chi connectivity index (χ0v) is 11.3. The second kappa shape index (κ2) is 5.33. The summed E-state index contributed by atoms with van der Waals surface area (Å²) in [7, 11) is 0. The zero-order chi connectivity index (χ0) is 11.5. The summed E-state index contributed by atoms with van der Waals surface area (Å²) < 4.78 is 1.09. The Hall–Kier alpha value is -0.340. The van der Waals surface area contributed by atoms with Crippen molar-refractivity contribution in [2.45, 2.75) is 45.1 Å². The van der Waals surface area contributed by atoms with E-state index in [1.807, 2.05) is 18.2 Å². The monoisotopic (exact) mass is 282 g/mol. The molecular weight excluding hydrogens is 264 g/mol. The summed E-state index contributed by atoms with van der Waals surface area (Å²) in [5.41, 5.74) is 2.26. The molecule has 1 aliphatic rings. The van der Waals surface area contributed by atoms with Crippen LogP contribution in [-0.2, 0) is 0 Å². The largest absolute Gasteiger partial charge is 0.388 e. The lowest BCUT2D eigenvalue weighted by atomic mass is 9.93. The highest BCUT2D eigenvalue weighted by atomic mass is 79.9. The Kier molecular flexibility index (Phi) is 4.04. The SMILES string of the molecule is Cc1c(Br)cccc1C(O)CC1CCCC1. The molecule has 1 atom stereocenters. The van der Waals surface area contributed by atoms with Crippen LogP contribution >= 0.6 is 15.9 Å². The molecule has 2 rings (SSSR count). The minimum atomic E-state index is -0.291. The first-order chi connectivity index (χ1) is 7.68. The molecular formula is C14H19BrO. The Morgan fingerprint density at radius 3 is 2.75 bits per heavy atom. The average molecular weight is 283 g/mol. The smallest absolute Gasteiger partial charge is 0.0795 e. The number of halogens is 1. The van der Waals surface area contributed by atoms with E-state index in [2.05, 4.69) is 22.9 Å². The van der Waals surface area contributed by atoms with Crippen LogP contribution in [0.4, 0.5) is 0 Å². The van der Waals surface area contributed by atoms with Crippen LogP contribution in [0.25, 0.3) is 0 Å². The van der Waals surface area contributed by atoms with Crippen molar-refractivity contribution in [3.8, 4) is 0 Å². The van der Waals surface area contributed by atoms with Crippen LogP contribution in [-0.4, -0.2) is 5.11 Å². The highest BCUT2D eigenvalue weighted by molar-refractivity contribution is 9.10. The molecule has 1 fully saturated rings. The van der Waals surface area contributed by atoms with Crippen LogP contribution in [0.15, 0.2) is 22.7 Å². The summed E-state index contributed by atoms with van der Waals surface area (Å²) in [4.78, 5) is 0. The number of hydrogen-bond acceptors (Lipinski definition) is 1. The molecule has 0 heterocycles. The molecule has 0 radical (unpaired) electrons. The van der Waals surface area contributed by atoms with Crippen LogP contribution < -0.4 is 0 Å². The lowest BCUT2D eigenvalue weighted by Gasteiger charge is -2.18. The van der Waals surface area contributed by atoms with Gasteiger partial charge in [-0.2, -0.15) is 0 Å². The maximum atomic E-state index is 10.3. The van der Waals surface area contributed by atoms with Gasteiger partial charge < -0.3 is 5.11 Å². The summed E-state index contributed by atoms with van der Waals surface area (Å²) in [6.45, 7) is 2.07. The van der Waals surface area contributed by atoms with Crippen LogP contribution in [0.2, 0.25) is 0 Å². The number of hydrogen-bond donors (Lipinski definition) is 1. The molecule has 1 aromatic carbocycles. The molecule has 1 saturated carbocycles. The third-order valence-electron chi connectivity index (χ3n) is 3.70. The van der Waals surface area contributed by atoms with Gasteiger partial charge in [0.25, 0.3) is 0 Å². The molecule has 0 aromatic heterocycles. The van der Waals surface area contributed by atoms with Crippen LogP contribution in [0.1, 0.15) is 49.3 Å². The predicted molar refractivity (Wildman–Crippen MR) is 70.4 cm³/mol. The van der Waals surface area contributed by atoms with Gasteiger partial charge in [-0.05, 0) is 36.5 Å².